The Balaban J connectivity index is 1.43. The summed E-state index contributed by atoms with van der Waals surface area (Å²) in [6.07, 6.45) is -0.529. The van der Waals surface area contributed by atoms with Crippen LogP contribution in [-0.2, 0) is 5.41 Å². The fraction of sp³-hybridized carbons (Fsp3) is 0.286. The first-order chi connectivity index (χ1) is 13.4. The number of para-hydroxylation sites is 2. The van der Waals surface area contributed by atoms with Crippen LogP contribution in [0.5, 0.6) is 11.5 Å². The first-order valence-corrected chi connectivity index (χ1v) is 9.04. The summed E-state index contributed by atoms with van der Waals surface area (Å²) < 4.78 is 17.0. The molecule has 0 fully saturated rings. The number of carbonyl (C=O) groups excluding carboxylic acids is 1. The van der Waals surface area contributed by atoms with Crippen molar-refractivity contribution >= 4 is 11.9 Å². The van der Waals surface area contributed by atoms with E-state index < -0.39 is 6.10 Å². The van der Waals surface area contributed by atoms with Gasteiger partial charge in [-0.2, -0.15) is 0 Å². The molecule has 0 saturated heterocycles. The number of fused-ring (bicyclic) bond motifs is 1. The largest absolute Gasteiger partial charge is 0.485 e. The Hall–Kier alpha value is -3.35. The Bertz CT molecular complexity index is 989. The van der Waals surface area contributed by atoms with Gasteiger partial charge in [-0.05, 0) is 35.2 Å². The van der Waals surface area contributed by atoms with Crippen LogP contribution < -0.4 is 14.8 Å². The van der Waals surface area contributed by atoms with Crippen LogP contribution in [0.3, 0.4) is 0 Å². The summed E-state index contributed by atoms with van der Waals surface area (Å²) in [7, 11) is 0. The standard InChI is InChI=1S/C21H21N3O4/c1-21(2,3)14-10-8-13(9-11-14)18(25)22-20-24-23-19(28-20)17-12-26-15-6-4-5-7-16(15)27-17/h4-11,17H,12H2,1-3H3,(H,22,24,25). The van der Waals surface area contributed by atoms with Crippen molar-refractivity contribution in [1.82, 2.24) is 10.2 Å². The number of amides is 1. The molecule has 28 heavy (non-hydrogen) atoms. The van der Waals surface area contributed by atoms with Gasteiger partial charge >= 0.3 is 6.01 Å². The molecule has 1 N–H and O–H groups in total. The van der Waals surface area contributed by atoms with Crippen LogP contribution in [0.2, 0.25) is 0 Å². The topological polar surface area (TPSA) is 86.5 Å². The van der Waals surface area contributed by atoms with Crippen molar-refractivity contribution in [3.63, 3.8) is 0 Å². The Morgan fingerprint density at radius 1 is 1.04 bits per heavy atom. The van der Waals surface area contributed by atoms with E-state index in [0.29, 0.717) is 17.1 Å². The van der Waals surface area contributed by atoms with Crippen molar-refractivity contribution in [2.45, 2.75) is 32.3 Å². The monoisotopic (exact) mass is 379 g/mol. The third-order valence-electron chi connectivity index (χ3n) is 4.46. The van der Waals surface area contributed by atoms with Gasteiger partial charge in [0.25, 0.3) is 11.8 Å². The first kappa shape index (κ1) is 18.0. The highest BCUT2D eigenvalue weighted by molar-refractivity contribution is 6.03. The van der Waals surface area contributed by atoms with Crippen LogP contribution in [0.4, 0.5) is 6.01 Å². The lowest BCUT2D eigenvalue weighted by Gasteiger charge is -2.23. The molecule has 4 rings (SSSR count). The molecule has 1 amide bonds. The summed E-state index contributed by atoms with van der Waals surface area (Å²) in [5.41, 5.74) is 1.69. The van der Waals surface area contributed by atoms with Crippen molar-refractivity contribution in [3.05, 3.63) is 65.5 Å². The van der Waals surface area contributed by atoms with Gasteiger partial charge in [-0.15, -0.1) is 5.10 Å². The average Bonchev–Trinajstić information content (AvgIpc) is 3.15. The number of nitrogens with one attached hydrogen (secondary N) is 1. The predicted octanol–water partition coefficient (Wildman–Crippen LogP) is 4.13. The Morgan fingerprint density at radius 2 is 1.75 bits per heavy atom. The normalized spacial score (nSPS) is 15.9. The van der Waals surface area contributed by atoms with Crippen molar-refractivity contribution in [2.24, 2.45) is 0 Å². The highest BCUT2D eigenvalue weighted by Gasteiger charge is 2.27. The molecule has 1 aliphatic heterocycles. The Kier molecular flexibility index (Phi) is 4.50. The summed E-state index contributed by atoms with van der Waals surface area (Å²) in [5.74, 6) is 1.21. The van der Waals surface area contributed by atoms with Crippen molar-refractivity contribution in [1.29, 1.82) is 0 Å². The van der Waals surface area contributed by atoms with Gasteiger partial charge in [-0.1, -0.05) is 50.1 Å². The summed E-state index contributed by atoms with van der Waals surface area (Å²) in [6, 6.07) is 14.8. The molecule has 2 aromatic carbocycles. The smallest absolute Gasteiger partial charge is 0.322 e. The van der Waals surface area contributed by atoms with Crippen molar-refractivity contribution in [3.8, 4) is 11.5 Å². The molecule has 7 nitrogen and oxygen atoms in total. The molecule has 0 aliphatic carbocycles. The molecule has 2 heterocycles. The third-order valence-corrected chi connectivity index (χ3v) is 4.46. The summed E-state index contributed by atoms with van der Waals surface area (Å²) in [6.45, 7) is 6.62. The molecule has 0 spiro atoms. The zero-order valence-electron chi connectivity index (χ0n) is 15.9. The minimum Gasteiger partial charge on any atom is -0.485 e. The van der Waals surface area contributed by atoms with Gasteiger partial charge in [0.05, 0.1) is 0 Å². The number of anilines is 1. The minimum atomic E-state index is -0.529. The number of aromatic nitrogens is 2. The highest BCUT2D eigenvalue weighted by atomic mass is 16.6. The number of ether oxygens (including phenoxy) is 2. The molecule has 0 saturated carbocycles. The van der Waals surface area contributed by atoms with Crippen molar-refractivity contribution < 1.29 is 18.7 Å². The first-order valence-electron chi connectivity index (χ1n) is 9.04. The number of carbonyl (C=O) groups is 1. The van der Waals surface area contributed by atoms with Crippen molar-refractivity contribution in [2.75, 3.05) is 11.9 Å². The van der Waals surface area contributed by atoms with E-state index in [0.717, 1.165) is 5.56 Å². The lowest BCUT2D eigenvalue weighted by atomic mass is 9.87. The summed E-state index contributed by atoms with van der Waals surface area (Å²) in [4.78, 5) is 12.4. The van der Waals surface area contributed by atoms with E-state index >= 15 is 0 Å². The van der Waals surface area contributed by atoms with E-state index in [1.54, 1.807) is 12.1 Å². The summed E-state index contributed by atoms with van der Waals surface area (Å²) >= 11 is 0. The fourth-order valence-electron chi connectivity index (χ4n) is 2.85. The molecule has 1 aromatic heterocycles. The van der Waals surface area contributed by atoms with Crippen LogP contribution in [0.15, 0.2) is 52.9 Å². The van der Waals surface area contributed by atoms with E-state index in [2.05, 4.69) is 36.3 Å². The lowest BCUT2D eigenvalue weighted by Crippen LogP contribution is -2.21. The lowest BCUT2D eigenvalue weighted by molar-refractivity contribution is 0.0716. The van der Waals surface area contributed by atoms with Crippen LogP contribution in [0.25, 0.3) is 0 Å². The molecule has 144 valence electrons. The maximum atomic E-state index is 12.4. The second-order valence-electron chi connectivity index (χ2n) is 7.59. The second kappa shape index (κ2) is 6.99. The van der Waals surface area contributed by atoms with Crippen LogP contribution in [0, 0.1) is 0 Å². The SMILES string of the molecule is CC(C)(C)c1ccc(C(=O)Nc2nnc(C3COc4ccccc4O3)o2)cc1. The average molecular weight is 379 g/mol. The highest BCUT2D eigenvalue weighted by Crippen LogP contribution is 2.35. The van der Waals surface area contributed by atoms with E-state index in [-0.39, 0.29) is 29.8 Å². The van der Waals surface area contributed by atoms with E-state index in [4.69, 9.17) is 13.9 Å². The van der Waals surface area contributed by atoms with E-state index in [1.807, 2.05) is 36.4 Å². The maximum absolute atomic E-state index is 12.4. The minimum absolute atomic E-state index is 0.0161. The van der Waals surface area contributed by atoms with Crippen LogP contribution in [-0.4, -0.2) is 22.7 Å². The third kappa shape index (κ3) is 3.69. The van der Waals surface area contributed by atoms with E-state index in [1.165, 1.54) is 0 Å². The van der Waals surface area contributed by atoms with Gasteiger partial charge in [0.2, 0.25) is 6.10 Å². The van der Waals surface area contributed by atoms with Gasteiger partial charge in [-0.25, -0.2) is 0 Å². The second-order valence-corrected chi connectivity index (χ2v) is 7.59. The number of benzene rings is 2. The molecule has 0 radical (unpaired) electrons. The number of rotatable bonds is 3. The maximum Gasteiger partial charge on any atom is 0.322 e. The number of nitrogens with zero attached hydrogens (tertiary/aromatic N) is 2. The molecule has 0 bridgehead atoms. The quantitative estimate of drug-likeness (QED) is 0.736. The molecule has 7 heteroatoms. The van der Waals surface area contributed by atoms with Crippen LogP contribution >= 0.6 is 0 Å². The number of hydrogen-bond donors (Lipinski definition) is 1. The van der Waals surface area contributed by atoms with Gasteiger partial charge in [0, 0.05) is 5.56 Å². The van der Waals surface area contributed by atoms with Gasteiger partial charge in [-0.3, -0.25) is 10.1 Å². The molecule has 1 atom stereocenters. The zero-order chi connectivity index (χ0) is 19.7. The predicted molar refractivity (Wildman–Crippen MR) is 103 cm³/mol. The fourth-order valence-corrected chi connectivity index (χ4v) is 2.85. The molecular weight excluding hydrogens is 358 g/mol. The van der Waals surface area contributed by atoms with Gasteiger partial charge < -0.3 is 13.9 Å². The number of hydrogen-bond acceptors (Lipinski definition) is 6. The summed E-state index contributed by atoms with van der Waals surface area (Å²) in [5, 5.41) is 10.5. The Morgan fingerprint density at radius 3 is 2.46 bits per heavy atom. The molecule has 1 unspecified atom stereocenters. The zero-order valence-corrected chi connectivity index (χ0v) is 15.9. The van der Waals surface area contributed by atoms with Crippen LogP contribution in [0.1, 0.15) is 48.7 Å². The Labute approximate surface area is 162 Å². The van der Waals surface area contributed by atoms with Gasteiger partial charge in [0.1, 0.15) is 6.61 Å². The van der Waals surface area contributed by atoms with E-state index in [9.17, 15) is 4.79 Å². The molecular formula is C21H21N3O4. The molecule has 3 aromatic rings. The van der Waals surface area contributed by atoms with Gasteiger partial charge in [0.15, 0.2) is 11.5 Å². The molecule has 1 aliphatic rings.